The molecular weight excluding hydrogens is 334 g/mol. The van der Waals surface area contributed by atoms with Crippen LogP contribution in [0.15, 0.2) is 48.5 Å². The number of carbonyl (C=O) groups is 2. The zero-order valence-corrected chi connectivity index (χ0v) is 14.7. The van der Waals surface area contributed by atoms with E-state index in [9.17, 15) is 9.59 Å². The van der Waals surface area contributed by atoms with Crippen LogP contribution in [0.25, 0.3) is 0 Å². The van der Waals surface area contributed by atoms with Gasteiger partial charge < -0.3 is 19.5 Å². The first-order valence-corrected chi connectivity index (χ1v) is 8.49. The molecule has 3 rings (SSSR count). The monoisotopic (exact) mass is 355 g/mol. The summed E-state index contributed by atoms with van der Waals surface area (Å²) >= 11 is 0. The van der Waals surface area contributed by atoms with Crippen molar-refractivity contribution in [3.63, 3.8) is 0 Å². The third kappa shape index (κ3) is 4.33. The fourth-order valence-electron chi connectivity index (χ4n) is 2.39. The Bertz CT molecular complexity index is 785. The van der Waals surface area contributed by atoms with Gasteiger partial charge in [-0.2, -0.15) is 0 Å². The first kappa shape index (κ1) is 17.8. The van der Waals surface area contributed by atoms with Crippen molar-refractivity contribution in [1.29, 1.82) is 0 Å². The summed E-state index contributed by atoms with van der Waals surface area (Å²) in [4.78, 5) is 24.3. The number of anilines is 1. The number of para-hydroxylation sites is 2. The Balaban J connectivity index is 1.57. The van der Waals surface area contributed by atoms with E-state index in [0.29, 0.717) is 29.4 Å². The Labute approximate surface area is 152 Å². The van der Waals surface area contributed by atoms with Gasteiger partial charge in [-0.15, -0.1) is 0 Å². The van der Waals surface area contributed by atoms with Crippen molar-refractivity contribution >= 4 is 17.6 Å². The first-order chi connectivity index (χ1) is 12.5. The minimum Gasteiger partial charge on any atom is -0.485 e. The number of benzene rings is 2. The molecule has 0 radical (unpaired) electrons. The summed E-state index contributed by atoms with van der Waals surface area (Å²) in [5.41, 5.74) is 1.01. The minimum atomic E-state index is -0.736. The topological polar surface area (TPSA) is 73.9 Å². The van der Waals surface area contributed by atoms with Gasteiger partial charge >= 0.3 is 5.97 Å². The zero-order valence-electron chi connectivity index (χ0n) is 14.7. The van der Waals surface area contributed by atoms with Gasteiger partial charge in [0.1, 0.15) is 6.61 Å². The highest BCUT2D eigenvalue weighted by molar-refractivity contribution is 5.95. The van der Waals surface area contributed by atoms with Gasteiger partial charge in [-0.25, -0.2) is 4.79 Å². The molecule has 2 aromatic carbocycles. The molecule has 1 aliphatic heterocycles. The second-order valence-corrected chi connectivity index (χ2v) is 6.42. The Morgan fingerprint density at radius 1 is 1.12 bits per heavy atom. The van der Waals surface area contributed by atoms with Gasteiger partial charge in [0.15, 0.2) is 11.5 Å². The highest BCUT2D eigenvalue weighted by Gasteiger charge is 2.27. The van der Waals surface area contributed by atoms with E-state index in [1.807, 2.05) is 26.0 Å². The third-order valence-electron chi connectivity index (χ3n) is 3.74. The van der Waals surface area contributed by atoms with E-state index in [1.165, 1.54) is 0 Å². The summed E-state index contributed by atoms with van der Waals surface area (Å²) in [7, 11) is 0. The lowest BCUT2D eigenvalue weighted by molar-refractivity contribution is -0.125. The maximum Gasteiger partial charge on any atom is 0.338 e. The van der Waals surface area contributed by atoms with Crippen LogP contribution in [0.3, 0.4) is 0 Å². The van der Waals surface area contributed by atoms with Crippen LogP contribution in [-0.4, -0.2) is 31.2 Å². The van der Waals surface area contributed by atoms with E-state index < -0.39 is 6.10 Å². The average molecular weight is 355 g/mol. The van der Waals surface area contributed by atoms with Gasteiger partial charge in [0.05, 0.1) is 12.2 Å². The summed E-state index contributed by atoms with van der Waals surface area (Å²) in [6.07, 6.45) is -0.736. The van der Waals surface area contributed by atoms with Crippen molar-refractivity contribution in [3.05, 3.63) is 54.1 Å². The van der Waals surface area contributed by atoms with E-state index in [4.69, 9.17) is 14.2 Å². The first-order valence-electron chi connectivity index (χ1n) is 8.49. The Kier molecular flexibility index (Phi) is 5.41. The van der Waals surface area contributed by atoms with Gasteiger partial charge in [-0.3, -0.25) is 4.79 Å². The van der Waals surface area contributed by atoms with Crippen molar-refractivity contribution in [2.24, 2.45) is 5.92 Å². The molecule has 0 bridgehead atoms. The molecule has 1 heterocycles. The molecule has 6 heteroatoms. The van der Waals surface area contributed by atoms with Crippen molar-refractivity contribution in [3.8, 4) is 11.5 Å². The van der Waals surface area contributed by atoms with Gasteiger partial charge in [0.2, 0.25) is 6.10 Å². The van der Waals surface area contributed by atoms with Crippen molar-refractivity contribution in [2.45, 2.75) is 20.0 Å². The standard InChI is InChI=1S/C20H21NO5/c1-13(2)11-25-20(23)14-7-9-15(10-8-14)21-19(22)18-12-24-16-5-3-4-6-17(16)26-18/h3-10,13,18H,11-12H2,1-2H3,(H,21,22). The van der Waals surface area contributed by atoms with Crippen molar-refractivity contribution in [2.75, 3.05) is 18.5 Å². The summed E-state index contributed by atoms with van der Waals surface area (Å²) in [5, 5.41) is 2.76. The van der Waals surface area contributed by atoms with Crippen LogP contribution in [0.5, 0.6) is 11.5 Å². The number of hydrogen-bond donors (Lipinski definition) is 1. The third-order valence-corrected chi connectivity index (χ3v) is 3.74. The fraction of sp³-hybridized carbons (Fsp3) is 0.300. The molecule has 1 aliphatic rings. The number of ether oxygens (including phenoxy) is 3. The molecule has 136 valence electrons. The number of nitrogens with one attached hydrogen (secondary N) is 1. The van der Waals surface area contributed by atoms with Crippen LogP contribution in [0.4, 0.5) is 5.69 Å². The molecule has 0 saturated carbocycles. The second-order valence-electron chi connectivity index (χ2n) is 6.42. The van der Waals surface area contributed by atoms with Crippen molar-refractivity contribution < 1.29 is 23.8 Å². The lowest BCUT2D eigenvalue weighted by atomic mass is 10.2. The molecule has 0 aliphatic carbocycles. The predicted octanol–water partition coefficient (Wildman–Crippen LogP) is 3.28. The summed E-state index contributed by atoms with van der Waals surface area (Å²) < 4.78 is 16.4. The lowest BCUT2D eigenvalue weighted by Crippen LogP contribution is -2.40. The Morgan fingerprint density at radius 2 is 1.81 bits per heavy atom. The Morgan fingerprint density at radius 3 is 2.50 bits per heavy atom. The Hall–Kier alpha value is -3.02. The molecule has 0 saturated heterocycles. The number of fused-ring (bicyclic) bond motifs is 1. The SMILES string of the molecule is CC(C)COC(=O)c1ccc(NC(=O)C2COc3ccccc3O2)cc1. The zero-order chi connectivity index (χ0) is 18.5. The summed E-state index contributed by atoms with van der Waals surface area (Å²) in [6, 6.07) is 13.8. The molecule has 1 atom stereocenters. The van der Waals surface area contributed by atoms with E-state index in [1.54, 1.807) is 36.4 Å². The van der Waals surface area contributed by atoms with Crippen LogP contribution in [0.2, 0.25) is 0 Å². The van der Waals surface area contributed by atoms with Crippen LogP contribution < -0.4 is 14.8 Å². The number of carbonyl (C=O) groups excluding carboxylic acids is 2. The molecule has 2 aromatic rings. The highest BCUT2D eigenvalue weighted by atomic mass is 16.6. The fourth-order valence-corrected chi connectivity index (χ4v) is 2.39. The molecule has 0 fully saturated rings. The van der Waals surface area contributed by atoms with Crippen LogP contribution in [-0.2, 0) is 9.53 Å². The normalized spacial score (nSPS) is 15.4. The number of hydrogen-bond acceptors (Lipinski definition) is 5. The van der Waals surface area contributed by atoms with Crippen LogP contribution >= 0.6 is 0 Å². The smallest absolute Gasteiger partial charge is 0.338 e. The minimum absolute atomic E-state index is 0.141. The van der Waals surface area contributed by atoms with Crippen LogP contribution in [0.1, 0.15) is 24.2 Å². The molecule has 0 aromatic heterocycles. The van der Waals surface area contributed by atoms with Crippen molar-refractivity contribution in [1.82, 2.24) is 0 Å². The van der Waals surface area contributed by atoms with Crippen LogP contribution in [0, 0.1) is 5.92 Å². The van der Waals surface area contributed by atoms with Gasteiger partial charge in [0, 0.05) is 5.69 Å². The molecule has 26 heavy (non-hydrogen) atoms. The van der Waals surface area contributed by atoms with E-state index in [-0.39, 0.29) is 24.4 Å². The molecule has 1 unspecified atom stereocenters. The quantitative estimate of drug-likeness (QED) is 0.833. The molecule has 6 nitrogen and oxygen atoms in total. The van der Waals surface area contributed by atoms with Gasteiger partial charge in [-0.05, 0) is 42.3 Å². The molecule has 1 N–H and O–H groups in total. The maximum absolute atomic E-state index is 12.4. The van der Waals surface area contributed by atoms with E-state index >= 15 is 0 Å². The largest absolute Gasteiger partial charge is 0.485 e. The predicted molar refractivity (Wildman–Crippen MR) is 96.5 cm³/mol. The van der Waals surface area contributed by atoms with Gasteiger partial charge in [-0.1, -0.05) is 26.0 Å². The lowest BCUT2D eigenvalue weighted by Gasteiger charge is -2.25. The average Bonchev–Trinajstić information content (AvgIpc) is 2.66. The number of rotatable bonds is 5. The molecule has 0 spiro atoms. The van der Waals surface area contributed by atoms with E-state index in [0.717, 1.165) is 0 Å². The van der Waals surface area contributed by atoms with E-state index in [2.05, 4.69) is 5.32 Å². The molecular formula is C20H21NO5. The number of amides is 1. The summed E-state index contributed by atoms with van der Waals surface area (Å²) in [6.45, 7) is 4.46. The highest BCUT2D eigenvalue weighted by Crippen LogP contribution is 2.31. The van der Waals surface area contributed by atoms with Gasteiger partial charge in [0.25, 0.3) is 5.91 Å². The molecule has 1 amide bonds. The maximum atomic E-state index is 12.4. The number of esters is 1. The second kappa shape index (κ2) is 7.91. The summed E-state index contributed by atoms with van der Waals surface area (Å²) in [5.74, 6) is 0.759.